The summed E-state index contributed by atoms with van der Waals surface area (Å²) >= 11 is 0. The molecule has 1 aliphatic heterocycles. The van der Waals surface area contributed by atoms with Crippen molar-refractivity contribution in [3.05, 3.63) is 23.8 Å². The molecule has 0 aromatic heterocycles. The summed E-state index contributed by atoms with van der Waals surface area (Å²) < 4.78 is 16.6. The molecule has 0 unspecified atom stereocenters. The van der Waals surface area contributed by atoms with Crippen molar-refractivity contribution in [2.24, 2.45) is 0 Å². The third-order valence-corrected chi connectivity index (χ3v) is 3.54. The fraction of sp³-hybridized carbons (Fsp3) is 0.625. The summed E-state index contributed by atoms with van der Waals surface area (Å²) in [6.07, 6.45) is 2.21. The average Bonchev–Trinajstić information content (AvgIpc) is 2.50. The molecular formula is C16H25NO3. The van der Waals surface area contributed by atoms with Gasteiger partial charge in [0.25, 0.3) is 0 Å². The highest BCUT2D eigenvalue weighted by atomic mass is 16.5. The molecular weight excluding hydrogens is 254 g/mol. The molecule has 1 aromatic rings. The van der Waals surface area contributed by atoms with Gasteiger partial charge in [0.1, 0.15) is 6.61 Å². The molecule has 1 heterocycles. The second-order valence-electron chi connectivity index (χ2n) is 5.04. The lowest BCUT2D eigenvalue weighted by atomic mass is 10.1. The van der Waals surface area contributed by atoms with Crippen molar-refractivity contribution in [1.29, 1.82) is 0 Å². The minimum Gasteiger partial charge on any atom is -0.493 e. The van der Waals surface area contributed by atoms with Crippen LogP contribution in [0.4, 0.5) is 0 Å². The number of ether oxygens (including phenoxy) is 3. The van der Waals surface area contributed by atoms with Gasteiger partial charge in [-0.15, -0.1) is 0 Å². The fourth-order valence-corrected chi connectivity index (χ4v) is 2.38. The largest absolute Gasteiger partial charge is 0.493 e. The zero-order chi connectivity index (χ0) is 14.2. The molecule has 0 aliphatic carbocycles. The highest BCUT2D eigenvalue weighted by Crippen LogP contribution is 2.28. The van der Waals surface area contributed by atoms with Crippen molar-refractivity contribution in [1.82, 2.24) is 4.90 Å². The maximum Gasteiger partial charge on any atom is 0.161 e. The van der Waals surface area contributed by atoms with Crippen molar-refractivity contribution in [3.63, 3.8) is 0 Å². The van der Waals surface area contributed by atoms with Crippen LogP contribution in [0.1, 0.15) is 18.9 Å². The van der Waals surface area contributed by atoms with E-state index in [2.05, 4.69) is 24.0 Å². The predicted molar refractivity (Wildman–Crippen MR) is 79.7 cm³/mol. The van der Waals surface area contributed by atoms with Gasteiger partial charge >= 0.3 is 0 Å². The Hall–Kier alpha value is -1.26. The molecule has 0 spiro atoms. The van der Waals surface area contributed by atoms with Crippen LogP contribution < -0.4 is 9.47 Å². The van der Waals surface area contributed by atoms with Crippen LogP contribution in [0.15, 0.2) is 18.2 Å². The molecule has 2 rings (SSSR count). The Balaban J connectivity index is 1.84. The van der Waals surface area contributed by atoms with Gasteiger partial charge in [-0.05, 0) is 24.1 Å². The predicted octanol–water partition coefficient (Wildman–Crippen LogP) is 2.36. The summed E-state index contributed by atoms with van der Waals surface area (Å²) in [5.74, 6) is 1.67. The van der Waals surface area contributed by atoms with E-state index in [4.69, 9.17) is 14.2 Å². The molecule has 0 bridgehead atoms. The summed E-state index contributed by atoms with van der Waals surface area (Å²) in [6.45, 7) is 7.45. The number of benzene rings is 1. The Bertz CT molecular complexity index is 403. The Morgan fingerprint density at radius 1 is 1.20 bits per heavy atom. The molecule has 1 saturated heterocycles. The van der Waals surface area contributed by atoms with E-state index in [9.17, 15) is 0 Å². The van der Waals surface area contributed by atoms with E-state index in [-0.39, 0.29) is 0 Å². The number of morpholine rings is 1. The van der Waals surface area contributed by atoms with Crippen LogP contribution in [0.5, 0.6) is 11.5 Å². The highest BCUT2D eigenvalue weighted by Gasteiger charge is 2.11. The number of hydrogen-bond acceptors (Lipinski definition) is 4. The van der Waals surface area contributed by atoms with Gasteiger partial charge in [0.05, 0.1) is 20.3 Å². The van der Waals surface area contributed by atoms with E-state index in [1.165, 1.54) is 5.56 Å². The molecule has 0 saturated carbocycles. The highest BCUT2D eigenvalue weighted by molar-refractivity contribution is 5.43. The van der Waals surface area contributed by atoms with Gasteiger partial charge in [-0.25, -0.2) is 0 Å². The van der Waals surface area contributed by atoms with Crippen molar-refractivity contribution in [2.75, 3.05) is 46.6 Å². The van der Waals surface area contributed by atoms with E-state index in [1.54, 1.807) is 7.11 Å². The first-order valence-corrected chi connectivity index (χ1v) is 7.43. The lowest BCUT2D eigenvalue weighted by Gasteiger charge is -2.26. The van der Waals surface area contributed by atoms with Crippen LogP contribution in [0.2, 0.25) is 0 Å². The van der Waals surface area contributed by atoms with Crippen LogP contribution in [0.25, 0.3) is 0 Å². The molecule has 4 heteroatoms. The normalized spacial score (nSPS) is 16.1. The van der Waals surface area contributed by atoms with Gasteiger partial charge in [0.2, 0.25) is 0 Å². The molecule has 1 aliphatic rings. The van der Waals surface area contributed by atoms with E-state index in [0.29, 0.717) is 6.61 Å². The van der Waals surface area contributed by atoms with E-state index in [0.717, 1.165) is 57.2 Å². The van der Waals surface area contributed by atoms with Gasteiger partial charge in [-0.2, -0.15) is 0 Å². The second-order valence-corrected chi connectivity index (χ2v) is 5.04. The summed E-state index contributed by atoms with van der Waals surface area (Å²) in [4.78, 5) is 2.36. The lowest BCUT2D eigenvalue weighted by molar-refractivity contribution is 0.0321. The average molecular weight is 279 g/mol. The number of nitrogens with zero attached hydrogens (tertiary/aromatic N) is 1. The van der Waals surface area contributed by atoms with E-state index >= 15 is 0 Å². The van der Waals surface area contributed by atoms with Crippen molar-refractivity contribution < 1.29 is 14.2 Å². The molecule has 112 valence electrons. The Morgan fingerprint density at radius 3 is 2.70 bits per heavy atom. The molecule has 1 fully saturated rings. The third kappa shape index (κ3) is 4.39. The maximum absolute atomic E-state index is 5.86. The molecule has 0 N–H and O–H groups in total. The molecule has 4 nitrogen and oxygen atoms in total. The first kappa shape index (κ1) is 15.1. The maximum atomic E-state index is 5.86. The first-order chi connectivity index (χ1) is 9.83. The van der Waals surface area contributed by atoms with Crippen LogP contribution >= 0.6 is 0 Å². The van der Waals surface area contributed by atoms with Gasteiger partial charge in [0.15, 0.2) is 11.5 Å². The quantitative estimate of drug-likeness (QED) is 0.766. The Kier molecular flexibility index (Phi) is 6.15. The van der Waals surface area contributed by atoms with Gasteiger partial charge < -0.3 is 14.2 Å². The van der Waals surface area contributed by atoms with Crippen LogP contribution in [-0.4, -0.2) is 51.5 Å². The number of rotatable bonds is 7. The van der Waals surface area contributed by atoms with Gasteiger partial charge in [0, 0.05) is 19.6 Å². The molecule has 1 aromatic carbocycles. The SMILES string of the molecule is CCCc1ccc(OCCN2CCOCC2)c(OC)c1. The summed E-state index contributed by atoms with van der Waals surface area (Å²) in [5, 5.41) is 0. The summed E-state index contributed by atoms with van der Waals surface area (Å²) in [7, 11) is 1.69. The van der Waals surface area contributed by atoms with Crippen molar-refractivity contribution >= 4 is 0 Å². The van der Waals surface area contributed by atoms with Gasteiger partial charge in [-0.3, -0.25) is 4.90 Å². The van der Waals surface area contributed by atoms with Gasteiger partial charge in [-0.1, -0.05) is 19.4 Å². The standard InChI is InChI=1S/C16H25NO3/c1-3-4-14-5-6-15(16(13-14)18-2)20-12-9-17-7-10-19-11-8-17/h5-6,13H,3-4,7-12H2,1-2H3. The smallest absolute Gasteiger partial charge is 0.161 e. The molecule has 0 amide bonds. The fourth-order valence-electron chi connectivity index (χ4n) is 2.38. The Labute approximate surface area is 121 Å². The van der Waals surface area contributed by atoms with Crippen LogP contribution in [-0.2, 0) is 11.2 Å². The molecule has 0 atom stereocenters. The van der Waals surface area contributed by atoms with Crippen LogP contribution in [0, 0.1) is 0 Å². The van der Waals surface area contributed by atoms with E-state index in [1.807, 2.05) is 6.07 Å². The summed E-state index contributed by atoms with van der Waals surface area (Å²) in [5.41, 5.74) is 1.30. The zero-order valence-corrected chi connectivity index (χ0v) is 12.6. The lowest BCUT2D eigenvalue weighted by Crippen LogP contribution is -2.38. The van der Waals surface area contributed by atoms with Crippen molar-refractivity contribution in [2.45, 2.75) is 19.8 Å². The number of aryl methyl sites for hydroxylation is 1. The number of methoxy groups -OCH3 is 1. The molecule has 20 heavy (non-hydrogen) atoms. The molecule has 0 radical (unpaired) electrons. The summed E-state index contributed by atoms with van der Waals surface area (Å²) in [6, 6.07) is 6.22. The zero-order valence-electron chi connectivity index (χ0n) is 12.6. The Morgan fingerprint density at radius 2 is 2.00 bits per heavy atom. The van der Waals surface area contributed by atoms with Crippen molar-refractivity contribution in [3.8, 4) is 11.5 Å². The second kappa shape index (κ2) is 8.12. The topological polar surface area (TPSA) is 30.9 Å². The minimum atomic E-state index is 0.684. The first-order valence-electron chi connectivity index (χ1n) is 7.43. The number of hydrogen-bond donors (Lipinski definition) is 0. The monoisotopic (exact) mass is 279 g/mol. The minimum absolute atomic E-state index is 0.684. The third-order valence-electron chi connectivity index (χ3n) is 3.54. The van der Waals surface area contributed by atoms with Crippen LogP contribution in [0.3, 0.4) is 0 Å². The van der Waals surface area contributed by atoms with E-state index < -0.39 is 0 Å².